The minimum Gasteiger partial charge on any atom is -0.468 e. The van der Waals surface area contributed by atoms with E-state index in [2.05, 4.69) is 4.74 Å². The first kappa shape index (κ1) is 10.1. The SMILES string of the molecule is COC(=O)CN(I)CCN. The monoisotopic (exact) mass is 258 g/mol. The molecule has 10 heavy (non-hydrogen) atoms. The fourth-order valence-electron chi connectivity index (χ4n) is 0.424. The van der Waals surface area contributed by atoms with Crippen LogP contribution in [0.4, 0.5) is 0 Å². The molecule has 60 valence electrons. The van der Waals surface area contributed by atoms with Crippen LogP contribution in [0.2, 0.25) is 0 Å². The molecule has 0 spiro atoms. The van der Waals surface area contributed by atoms with Crippen molar-refractivity contribution >= 4 is 28.8 Å². The molecule has 0 aliphatic heterocycles. The van der Waals surface area contributed by atoms with Gasteiger partial charge < -0.3 is 10.5 Å². The largest absolute Gasteiger partial charge is 0.468 e. The quantitative estimate of drug-likeness (QED) is 0.430. The van der Waals surface area contributed by atoms with Gasteiger partial charge in [0.15, 0.2) is 0 Å². The number of carbonyl (C=O) groups is 1. The van der Waals surface area contributed by atoms with E-state index < -0.39 is 0 Å². The number of carbonyl (C=O) groups excluding carboxylic acids is 1. The summed E-state index contributed by atoms with van der Waals surface area (Å²) in [5.74, 6) is -0.233. The van der Waals surface area contributed by atoms with Crippen molar-refractivity contribution in [1.82, 2.24) is 3.11 Å². The number of hydrogen-bond acceptors (Lipinski definition) is 4. The van der Waals surface area contributed by atoms with E-state index in [-0.39, 0.29) is 5.97 Å². The second kappa shape index (κ2) is 5.87. The first-order chi connectivity index (χ1) is 4.70. The van der Waals surface area contributed by atoms with E-state index in [1.165, 1.54) is 7.11 Å². The number of ether oxygens (including phenoxy) is 1. The molecular formula is C5H11IN2O2. The van der Waals surface area contributed by atoms with E-state index >= 15 is 0 Å². The maximum absolute atomic E-state index is 10.6. The van der Waals surface area contributed by atoms with Gasteiger partial charge in [-0.05, 0) is 0 Å². The van der Waals surface area contributed by atoms with Crippen molar-refractivity contribution < 1.29 is 9.53 Å². The summed E-state index contributed by atoms with van der Waals surface area (Å²) in [6, 6.07) is 0. The topological polar surface area (TPSA) is 55.6 Å². The van der Waals surface area contributed by atoms with E-state index in [0.29, 0.717) is 19.6 Å². The van der Waals surface area contributed by atoms with Gasteiger partial charge >= 0.3 is 5.97 Å². The molecule has 0 radical (unpaired) electrons. The Balaban J connectivity index is 3.37. The first-order valence-electron chi connectivity index (χ1n) is 2.88. The molecule has 0 aliphatic carbocycles. The average Bonchev–Trinajstić information content (AvgIpc) is 1.88. The second-order valence-corrected chi connectivity index (χ2v) is 3.07. The van der Waals surface area contributed by atoms with Crippen molar-refractivity contribution in [2.75, 3.05) is 26.7 Å². The molecular weight excluding hydrogens is 247 g/mol. The third-order valence-electron chi connectivity index (χ3n) is 0.900. The third-order valence-corrected chi connectivity index (χ3v) is 1.72. The van der Waals surface area contributed by atoms with Crippen LogP contribution in [0.5, 0.6) is 0 Å². The van der Waals surface area contributed by atoms with Crippen molar-refractivity contribution in [2.45, 2.75) is 0 Å². The molecule has 0 bridgehead atoms. The Morgan fingerprint density at radius 3 is 2.80 bits per heavy atom. The van der Waals surface area contributed by atoms with Crippen LogP contribution < -0.4 is 5.73 Å². The maximum Gasteiger partial charge on any atom is 0.320 e. The Bertz CT molecular complexity index is 110. The van der Waals surface area contributed by atoms with Crippen LogP contribution in [-0.4, -0.2) is 35.8 Å². The average molecular weight is 258 g/mol. The summed E-state index contributed by atoms with van der Waals surface area (Å²) in [5, 5.41) is 0. The molecule has 0 saturated heterocycles. The van der Waals surface area contributed by atoms with Gasteiger partial charge in [-0.25, -0.2) is 3.11 Å². The number of methoxy groups -OCH3 is 1. The lowest BCUT2D eigenvalue weighted by Gasteiger charge is -2.09. The van der Waals surface area contributed by atoms with Gasteiger partial charge in [-0.2, -0.15) is 0 Å². The molecule has 0 aliphatic rings. The molecule has 0 aromatic carbocycles. The molecule has 0 saturated carbocycles. The van der Waals surface area contributed by atoms with Crippen LogP contribution in [0.1, 0.15) is 0 Å². The summed E-state index contributed by atoms with van der Waals surface area (Å²) in [6.45, 7) is 1.56. The maximum atomic E-state index is 10.6. The number of nitrogens with zero attached hydrogens (tertiary/aromatic N) is 1. The van der Waals surface area contributed by atoms with Crippen LogP contribution in [0.15, 0.2) is 0 Å². The summed E-state index contributed by atoms with van der Waals surface area (Å²) in [7, 11) is 1.37. The number of esters is 1. The Labute approximate surface area is 74.2 Å². The molecule has 0 unspecified atom stereocenters. The van der Waals surface area contributed by atoms with Gasteiger partial charge in [0.1, 0.15) is 6.54 Å². The van der Waals surface area contributed by atoms with Gasteiger partial charge in [0.05, 0.1) is 7.11 Å². The van der Waals surface area contributed by atoms with Crippen LogP contribution in [0.25, 0.3) is 0 Å². The number of nitrogens with two attached hydrogens (primary N) is 1. The molecule has 0 atom stereocenters. The fourth-order valence-corrected chi connectivity index (χ4v) is 0.981. The molecule has 0 amide bonds. The van der Waals surface area contributed by atoms with Crippen LogP contribution in [0, 0.1) is 0 Å². The zero-order valence-corrected chi connectivity index (χ0v) is 8.00. The van der Waals surface area contributed by atoms with Crippen molar-refractivity contribution in [1.29, 1.82) is 0 Å². The van der Waals surface area contributed by atoms with E-state index in [1.807, 2.05) is 22.9 Å². The molecule has 0 heterocycles. The molecule has 0 fully saturated rings. The molecule has 4 nitrogen and oxygen atoms in total. The van der Waals surface area contributed by atoms with E-state index in [0.717, 1.165) is 0 Å². The summed E-state index contributed by atoms with van der Waals surface area (Å²) in [6.07, 6.45) is 0. The normalized spacial score (nSPS) is 10.0. The summed E-state index contributed by atoms with van der Waals surface area (Å²) in [4.78, 5) is 10.6. The summed E-state index contributed by atoms with van der Waals surface area (Å²) >= 11 is 2.03. The molecule has 0 aromatic heterocycles. The van der Waals surface area contributed by atoms with E-state index in [4.69, 9.17) is 5.73 Å². The zero-order chi connectivity index (χ0) is 7.98. The molecule has 5 heteroatoms. The molecule has 2 N–H and O–H groups in total. The number of halogens is 1. The van der Waals surface area contributed by atoms with Crippen molar-refractivity contribution in [3.05, 3.63) is 0 Å². The highest BCUT2D eigenvalue weighted by molar-refractivity contribution is 14.1. The van der Waals surface area contributed by atoms with Crippen LogP contribution >= 0.6 is 22.9 Å². The Morgan fingerprint density at radius 2 is 2.40 bits per heavy atom. The highest BCUT2D eigenvalue weighted by atomic mass is 127. The molecule has 0 aromatic rings. The van der Waals surface area contributed by atoms with Crippen molar-refractivity contribution in [3.63, 3.8) is 0 Å². The lowest BCUT2D eigenvalue weighted by atomic mass is 10.6. The van der Waals surface area contributed by atoms with Crippen molar-refractivity contribution in [2.24, 2.45) is 5.73 Å². The third kappa shape index (κ3) is 4.95. The van der Waals surface area contributed by atoms with Gasteiger partial charge in [0.25, 0.3) is 0 Å². The standard InChI is InChI=1S/C5H11IN2O2/c1-10-5(9)4-8(6)3-2-7/h2-4,7H2,1H3. The predicted molar refractivity (Wildman–Crippen MR) is 46.7 cm³/mol. The number of rotatable bonds is 4. The Morgan fingerprint density at radius 1 is 1.80 bits per heavy atom. The van der Waals surface area contributed by atoms with Gasteiger partial charge in [-0.15, -0.1) is 0 Å². The number of hydrogen-bond donors (Lipinski definition) is 1. The van der Waals surface area contributed by atoms with E-state index in [1.54, 1.807) is 3.11 Å². The smallest absolute Gasteiger partial charge is 0.320 e. The minimum absolute atomic E-state index is 0.233. The predicted octanol–water partition coefficient (Wildman–Crippen LogP) is -0.230. The highest BCUT2D eigenvalue weighted by Gasteiger charge is 2.05. The van der Waals surface area contributed by atoms with Crippen LogP contribution in [-0.2, 0) is 9.53 Å². The Kier molecular flexibility index (Phi) is 5.94. The van der Waals surface area contributed by atoms with Gasteiger partial charge in [0.2, 0.25) is 0 Å². The van der Waals surface area contributed by atoms with E-state index in [9.17, 15) is 4.79 Å². The second-order valence-electron chi connectivity index (χ2n) is 1.71. The van der Waals surface area contributed by atoms with Gasteiger partial charge in [0, 0.05) is 36.0 Å². The van der Waals surface area contributed by atoms with Crippen molar-refractivity contribution in [3.8, 4) is 0 Å². The lowest BCUT2D eigenvalue weighted by Crippen LogP contribution is -2.26. The first-order valence-corrected chi connectivity index (χ1v) is 3.84. The lowest BCUT2D eigenvalue weighted by molar-refractivity contribution is -0.140. The summed E-state index contributed by atoms with van der Waals surface area (Å²) in [5.41, 5.74) is 5.25. The highest BCUT2D eigenvalue weighted by Crippen LogP contribution is 1.96. The minimum atomic E-state index is -0.233. The Hall–Kier alpha value is 0.120. The fraction of sp³-hybridized carbons (Fsp3) is 0.800. The summed E-state index contributed by atoms with van der Waals surface area (Å²) < 4.78 is 6.22. The zero-order valence-electron chi connectivity index (χ0n) is 5.84. The molecule has 0 rings (SSSR count). The van der Waals surface area contributed by atoms with Crippen LogP contribution in [0.3, 0.4) is 0 Å². The van der Waals surface area contributed by atoms with Gasteiger partial charge in [-0.3, -0.25) is 4.79 Å². The van der Waals surface area contributed by atoms with Gasteiger partial charge in [-0.1, -0.05) is 0 Å².